The number of primary amides is 2. The lowest BCUT2D eigenvalue weighted by atomic mass is 9.99. The molecule has 4 aromatic heterocycles. The summed E-state index contributed by atoms with van der Waals surface area (Å²) in [6.07, 6.45) is 9.85. The first-order valence-corrected chi connectivity index (χ1v) is 41.0. The molecule has 10 rings (SSSR count). The summed E-state index contributed by atoms with van der Waals surface area (Å²) in [6, 6.07) is 21.0. The lowest BCUT2D eigenvalue weighted by molar-refractivity contribution is -0.144. The van der Waals surface area contributed by atoms with E-state index in [4.69, 9.17) is 40.4 Å². The second-order valence-electron chi connectivity index (χ2n) is 30.6. The van der Waals surface area contributed by atoms with Crippen LogP contribution in [0, 0.1) is 5.92 Å². The van der Waals surface area contributed by atoms with E-state index in [0.29, 0.717) is 77.5 Å². The predicted molar refractivity (Wildman–Crippen MR) is 448 cm³/mol. The highest BCUT2D eigenvalue weighted by atomic mass is 35.5. The number of fused-ring (bicyclic) bond motifs is 2. The van der Waals surface area contributed by atoms with Crippen LogP contribution in [0.3, 0.4) is 0 Å². The van der Waals surface area contributed by atoms with Crippen LogP contribution in [0.1, 0.15) is 136 Å². The SMILES string of the molecule is CCCC[C@H](NC(=O)[C@H](CC(C)C)NC(=O)[C@@H](Cc1c[nH]c2ccccc12)NC(=O)[C@H](Cc1ccccc1)NC(=O)[C@@H](Cc1c[nH]c2ccccc12)NC(=O)[C@H](CC(N)=O)NC(=O)[C@@H](Cc1c(Cl)cccc1Cl)NC(=O)[C@@H]1CCCN1C(=O)[C@H](Cc1ccccn1)NC(=O)[C@@H]1CCCN1C(=O)[C@H](N)CCCCNC(=O)c1cccnc1)C(N)=O. The third-order valence-electron chi connectivity index (χ3n) is 21.3. The van der Waals surface area contributed by atoms with Gasteiger partial charge in [0.15, 0.2) is 0 Å². The third-order valence-corrected chi connectivity index (χ3v) is 22.0. The summed E-state index contributed by atoms with van der Waals surface area (Å²) in [5.41, 5.74) is 22.1. The number of nitrogens with one attached hydrogen (secondary N) is 11. The second kappa shape index (κ2) is 43.4. The van der Waals surface area contributed by atoms with Crippen LogP contribution < -0.4 is 65.1 Å². The topological polar surface area (TPSA) is 472 Å². The lowest BCUT2D eigenvalue weighted by Gasteiger charge is -2.32. The summed E-state index contributed by atoms with van der Waals surface area (Å²) < 4.78 is 0. The van der Waals surface area contributed by atoms with Crippen molar-refractivity contribution in [1.29, 1.82) is 0 Å². The molecule has 0 saturated carbocycles. The Morgan fingerprint density at radius 1 is 0.504 bits per heavy atom. The van der Waals surface area contributed by atoms with Crippen molar-refractivity contribution in [3.63, 3.8) is 0 Å². The molecule has 0 spiro atoms. The van der Waals surface area contributed by atoms with Crippen LogP contribution in [-0.4, -0.2) is 193 Å². The van der Waals surface area contributed by atoms with Gasteiger partial charge in [0.2, 0.25) is 70.9 Å². The smallest absolute Gasteiger partial charge is 0.252 e. The van der Waals surface area contributed by atoms with Gasteiger partial charge in [0, 0.05) is 120 Å². The number of aromatic amines is 2. The Bertz CT molecular complexity index is 4880. The zero-order valence-corrected chi connectivity index (χ0v) is 68.2. The van der Waals surface area contributed by atoms with Crippen LogP contribution in [0.4, 0.5) is 0 Å². The second-order valence-corrected chi connectivity index (χ2v) is 31.4. The van der Waals surface area contributed by atoms with Gasteiger partial charge >= 0.3 is 0 Å². The number of likely N-dealkylation sites (tertiary alicyclic amines) is 2. The third kappa shape index (κ3) is 25.0. The molecule has 17 N–H and O–H groups in total. The van der Waals surface area contributed by atoms with E-state index in [1.807, 2.05) is 45.0 Å². The number of hydrogen-bond donors (Lipinski definition) is 14. The summed E-state index contributed by atoms with van der Waals surface area (Å²) in [5.74, 6) is -10.4. The average Bonchev–Trinajstić information content (AvgIpc) is 1.84. The van der Waals surface area contributed by atoms with Crippen molar-refractivity contribution in [2.75, 3.05) is 19.6 Å². The number of unbranched alkanes of at least 4 members (excludes halogenated alkanes) is 2. The molecule has 2 fully saturated rings. The highest BCUT2D eigenvalue weighted by Crippen LogP contribution is 2.29. The molecule has 630 valence electrons. The Morgan fingerprint density at radius 2 is 1.02 bits per heavy atom. The van der Waals surface area contributed by atoms with E-state index < -0.39 is 150 Å². The van der Waals surface area contributed by atoms with Crippen molar-refractivity contribution in [3.05, 3.63) is 202 Å². The number of carbonyl (C=O) groups excluding carboxylic acids is 13. The average molecular weight is 1670 g/mol. The number of hydrogen-bond acceptors (Lipinski definition) is 16. The minimum absolute atomic E-state index is 0.0196. The Hall–Kier alpha value is -12.1. The molecular weight excluding hydrogens is 1560 g/mol. The van der Waals surface area contributed by atoms with Gasteiger partial charge in [-0.1, -0.05) is 136 Å². The number of nitrogens with two attached hydrogens (primary N) is 3. The Balaban J connectivity index is 0.888. The van der Waals surface area contributed by atoms with Gasteiger partial charge in [-0.25, -0.2) is 0 Å². The molecule has 2 aliphatic heterocycles. The maximum atomic E-state index is 15.5. The molecule has 8 aromatic rings. The van der Waals surface area contributed by atoms with Crippen molar-refractivity contribution in [2.24, 2.45) is 23.1 Å². The van der Waals surface area contributed by atoms with Gasteiger partial charge in [0.05, 0.1) is 18.0 Å². The van der Waals surface area contributed by atoms with Gasteiger partial charge in [-0.3, -0.25) is 72.3 Å². The minimum Gasteiger partial charge on any atom is -0.370 e. The number of nitrogens with zero attached hydrogens (tertiary/aromatic N) is 4. The Kier molecular flexibility index (Phi) is 32.5. The number of para-hydroxylation sites is 2. The molecule has 31 nitrogen and oxygen atoms in total. The van der Waals surface area contributed by atoms with Crippen LogP contribution in [0.15, 0.2) is 158 Å². The molecule has 11 atom stereocenters. The first-order chi connectivity index (χ1) is 57.2. The molecule has 0 unspecified atom stereocenters. The van der Waals surface area contributed by atoms with Gasteiger partial charge in [-0.05, 0) is 134 Å². The predicted octanol–water partition coefficient (Wildman–Crippen LogP) is 4.64. The molecule has 0 bridgehead atoms. The fraction of sp³-hybridized carbons (Fsp3) is 0.407. The molecule has 13 amide bonds. The van der Waals surface area contributed by atoms with Gasteiger partial charge in [-0.2, -0.15) is 0 Å². The molecule has 4 aromatic carbocycles. The van der Waals surface area contributed by atoms with Gasteiger partial charge in [0.1, 0.15) is 60.4 Å². The maximum absolute atomic E-state index is 15.5. The Morgan fingerprint density at radius 3 is 1.56 bits per heavy atom. The van der Waals surface area contributed by atoms with E-state index >= 15 is 33.6 Å². The summed E-state index contributed by atoms with van der Waals surface area (Å²) in [7, 11) is 0. The number of carbonyl (C=O) groups is 13. The molecule has 0 radical (unpaired) electrons. The van der Waals surface area contributed by atoms with Gasteiger partial charge in [0.25, 0.3) is 5.91 Å². The van der Waals surface area contributed by atoms with Crippen molar-refractivity contribution in [3.8, 4) is 0 Å². The van der Waals surface area contributed by atoms with Crippen molar-refractivity contribution in [1.82, 2.24) is 77.6 Å². The molecule has 2 aliphatic rings. The first-order valence-electron chi connectivity index (χ1n) is 40.3. The lowest BCUT2D eigenvalue weighted by Crippen LogP contribution is -2.61. The summed E-state index contributed by atoms with van der Waals surface area (Å²) >= 11 is 13.5. The fourth-order valence-electron chi connectivity index (χ4n) is 15.0. The van der Waals surface area contributed by atoms with Crippen LogP contribution in [-0.2, 0) is 89.6 Å². The normalized spacial score (nSPS) is 16.2. The zero-order chi connectivity index (χ0) is 85.2. The standard InChI is InChI=1S/C86H104Cl2N18O13/c1-4-5-30-64(75(91)108)97-77(110)65(40-50(2)3)98-79(112)67(42-53-48-95-62-31-11-9-25-56(53)62)100-78(111)66(41-51-21-7-6-8-22-51)99-80(113)68(43-54-49-96-63-32-12-10-26-57(54)63)101-82(115)70(46-74(90)107)102-81(114)69(45-58-59(87)27-17-28-60(58)88)103-83(116)73-34-20-39-106(73)86(119)71(44-55-24-13-15-36-93-55)104-84(117)72-33-19-38-105(72)85(118)61(89)29-14-16-37-94-76(109)52-23-18-35-92-47-52/h6-13,15,17-18,21-28,31-32,35-36,47-50,61,64-73,95-96H,4-5,14,16,19-20,29-30,33-34,37-46,89H2,1-3H3,(H2,90,107)(H2,91,108)(H,94,109)(H,97,110)(H,98,112)(H,99,113)(H,100,111)(H,101,115)(H,102,114)(H,103,116)(H,104,117)/t61-,64+,65+,66+,67-,68-,69-,70+,71+,72+,73+/m1/s1. The molecule has 33 heteroatoms. The number of amides is 13. The molecule has 119 heavy (non-hydrogen) atoms. The minimum atomic E-state index is -1.89. The van der Waals surface area contributed by atoms with E-state index in [2.05, 4.69) is 67.8 Å². The highest BCUT2D eigenvalue weighted by molar-refractivity contribution is 6.36. The molecule has 2 saturated heterocycles. The number of halogens is 2. The van der Waals surface area contributed by atoms with Crippen molar-refractivity contribution >= 4 is 122 Å². The van der Waals surface area contributed by atoms with Crippen LogP contribution >= 0.6 is 23.2 Å². The summed E-state index contributed by atoms with van der Waals surface area (Å²) in [5, 5.41) is 26.6. The molecule has 0 aliphatic carbocycles. The largest absolute Gasteiger partial charge is 0.370 e. The highest BCUT2D eigenvalue weighted by Gasteiger charge is 2.44. The summed E-state index contributed by atoms with van der Waals surface area (Å²) in [6.45, 7) is 6.19. The zero-order valence-electron chi connectivity index (χ0n) is 66.7. The maximum Gasteiger partial charge on any atom is 0.252 e. The molecular formula is C86H104Cl2N18O13. The number of H-pyrrole nitrogens is 2. The van der Waals surface area contributed by atoms with E-state index in [-0.39, 0.29) is 105 Å². The van der Waals surface area contributed by atoms with Crippen molar-refractivity contribution < 1.29 is 62.3 Å². The van der Waals surface area contributed by atoms with E-state index in [1.165, 1.54) is 34.3 Å². The monoisotopic (exact) mass is 1670 g/mol. The number of pyridine rings is 2. The van der Waals surface area contributed by atoms with Crippen LogP contribution in [0.25, 0.3) is 21.8 Å². The number of benzene rings is 4. The fourth-order valence-corrected chi connectivity index (χ4v) is 15.5. The van der Waals surface area contributed by atoms with Crippen molar-refractivity contribution in [2.45, 2.75) is 196 Å². The molecule has 6 heterocycles. The van der Waals surface area contributed by atoms with E-state index in [1.54, 1.807) is 110 Å². The van der Waals surface area contributed by atoms with Gasteiger partial charge < -0.3 is 84.8 Å². The van der Waals surface area contributed by atoms with Crippen LogP contribution in [0.5, 0.6) is 0 Å². The Labute approximate surface area is 699 Å². The van der Waals surface area contributed by atoms with E-state index in [0.717, 1.165) is 10.9 Å². The summed E-state index contributed by atoms with van der Waals surface area (Å²) in [4.78, 5) is 205. The number of rotatable bonds is 42. The first kappa shape index (κ1) is 89.3. The van der Waals surface area contributed by atoms with Gasteiger partial charge in [-0.15, -0.1) is 0 Å². The van der Waals surface area contributed by atoms with E-state index in [9.17, 15) is 28.8 Å². The number of aromatic nitrogens is 4. The quantitative estimate of drug-likeness (QED) is 0.0232. The van der Waals surface area contributed by atoms with Crippen LogP contribution in [0.2, 0.25) is 10.0 Å².